The molecule has 2 aromatic heterocycles. The fourth-order valence-corrected chi connectivity index (χ4v) is 6.46. The number of hydrogen-bond acceptors (Lipinski definition) is 7. The molecule has 43 heavy (non-hydrogen) atoms. The SMILES string of the molecule is CN1CCC(C=C(C#N)C(=O)N2CCCC2Cn2nc(-c3ccc(Oc4ccccc4)cc3F)c3c([As])ncnc32)CC1. The second-order valence-corrected chi connectivity index (χ2v) is 12.0. The van der Waals surface area contributed by atoms with E-state index in [2.05, 4.69) is 44.8 Å². The summed E-state index contributed by atoms with van der Waals surface area (Å²) in [6.45, 7) is 2.86. The van der Waals surface area contributed by atoms with Crippen molar-refractivity contribution in [3.63, 3.8) is 0 Å². The van der Waals surface area contributed by atoms with Crippen LogP contribution in [0, 0.1) is 23.1 Å². The average molecular weight is 640 g/mol. The van der Waals surface area contributed by atoms with Crippen molar-refractivity contribution in [1.82, 2.24) is 29.5 Å². The van der Waals surface area contributed by atoms with Crippen LogP contribution in [0.5, 0.6) is 11.5 Å². The molecular formula is C32H31AsFN7O2. The molecule has 1 atom stereocenters. The Morgan fingerprint density at radius 3 is 2.65 bits per heavy atom. The normalized spacial score (nSPS) is 18.2. The van der Waals surface area contributed by atoms with Crippen LogP contribution in [0.25, 0.3) is 22.3 Å². The molecule has 6 rings (SSSR count). The zero-order valence-corrected chi connectivity index (χ0v) is 25.7. The van der Waals surface area contributed by atoms with Gasteiger partial charge in [-0.2, -0.15) is 0 Å². The molecule has 2 fully saturated rings. The fourth-order valence-electron chi connectivity index (χ4n) is 5.92. The molecule has 2 saturated heterocycles. The van der Waals surface area contributed by atoms with Gasteiger partial charge in [0.05, 0.1) is 0 Å². The first kappa shape index (κ1) is 29.0. The molecule has 2 aliphatic heterocycles. The van der Waals surface area contributed by atoms with Gasteiger partial charge in [0.25, 0.3) is 0 Å². The number of halogens is 1. The van der Waals surface area contributed by atoms with Crippen molar-refractivity contribution >= 4 is 38.3 Å². The van der Waals surface area contributed by atoms with Gasteiger partial charge in [-0.3, -0.25) is 0 Å². The number of para-hydroxylation sites is 1. The minimum absolute atomic E-state index is 0.172. The third kappa shape index (κ3) is 6.19. The molecule has 4 heterocycles. The number of rotatable bonds is 7. The predicted molar refractivity (Wildman–Crippen MR) is 161 cm³/mol. The molecule has 2 aromatic carbocycles. The summed E-state index contributed by atoms with van der Waals surface area (Å²) in [5.74, 6) is 0.504. The zero-order chi connectivity index (χ0) is 29.9. The van der Waals surface area contributed by atoms with E-state index in [1.54, 1.807) is 33.8 Å². The monoisotopic (exact) mass is 639 g/mol. The number of fused-ring (bicyclic) bond motifs is 1. The summed E-state index contributed by atoms with van der Waals surface area (Å²) in [7, 11) is 2.09. The minimum atomic E-state index is -0.480. The van der Waals surface area contributed by atoms with Crippen LogP contribution in [0.4, 0.5) is 4.39 Å². The second kappa shape index (κ2) is 12.7. The van der Waals surface area contributed by atoms with E-state index in [1.807, 2.05) is 24.3 Å². The topological polar surface area (TPSA) is 100 Å². The van der Waals surface area contributed by atoms with Crippen LogP contribution in [0.1, 0.15) is 25.7 Å². The number of carbonyl (C=O) groups excluding carboxylic acids is 1. The van der Waals surface area contributed by atoms with Crippen LogP contribution in [-0.4, -0.2) is 85.0 Å². The summed E-state index contributed by atoms with van der Waals surface area (Å²) in [5, 5.41) is 15.3. The first-order valence-electron chi connectivity index (χ1n) is 14.5. The quantitative estimate of drug-likeness (QED) is 0.171. The molecular weight excluding hydrogens is 608 g/mol. The molecule has 2 radical (unpaired) electrons. The average Bonchev–Trinajstić information content (AvgIpc) is 3.63. The Labute approximate surface area is 258 Å². The van der Waals surface area contributed by atoms with Crippen molar-refractivity contribution in [2.24, 2.45) is 5.92 Å². The van der Waals surface area contributed by atoms with E-state index in [0.29, 0.717) is 51.4 Å². The molecule has 0 N–H and O–H groups in total. The smallest absolute Gasteiger partial charge is 0.00162 e. The molecule has 11 heteroatoms. The van der Waals surface area contributed by atoms with Crippen LogP contribution in [-0.2, 0) is 11.3 Å². The number of piperidine rings is 1. The summed E-state index contributed by atoms with van der Waals surface area (Å²) in [5.41, 5.74) is 1.50. The summed E-state index contributed by atoms with van der Waals surface area (Å²) in [4.78, 5) is 26.5. The maximum atomic E-state index is 15.6. The molecule has 1 amide bonds. The standard InChI is InChI=1S/C32H31AsFN7O2/c1-39-14-11-21(12-15-39)16-22(18-35)32(42)40-13-5-6-23(40)19-41-31-28(30(33)36-20-37-31)29(38-41)26-10-9-25(17-27(26)34)43-24-7-3-2-4-8-24/h2-4,7-10,16-17,20-21,23H,5-6,11-15,19H2,1H3. The van der Waals surface area contributed by atoms with E-state index in [0.717, 1.165) is 38.8 Å². The van der Waals surface area contributed by atoms with Crippen molar-refractivity contribution < 1.29 is 13.9 Å². The number of ether oxygens (including phenoxy) is 1. The number of benzene rings is 2. The number of nitrogens with zero attached hydrogens (tertiary/aromatic N) is 7. The van der Waals surface area contributed by atoms with Crippen molar-refractivity contribution in [2.45, 2.75) is 38.3 Å². The Hall–Kier alpha value is -4.06. The van der Waals surface area contributed by atoms with Gasteiger partial charge in [0, 0.05) is 0 Å². The molecule has 4 aromatic rings. The Balaban J connectivity index is 1.27. The maximum absolute atomic E-state index is 15.6. The van der Waals surface area contributed by atoms with Gasteiger partial charge < -0.3 is 4.90 Å². The third-order valence-electron chi connectivity index (χ3n) is 8.22. The Kier molecular flexibility index (Phi) is 8.55. The fraction of sp³-hybridized carbons (Fsp3) is 0.344. The summed E-state index contributed by atoms with van der Waals surface area (Å²) < 4.78 is 23.7. The van der Waals surface area contributed by atoms with Crippen molar-refractivity contribution in [3.8, 4) is 28.8 Å². The number of amides is 1. The van der Waals surface area contributed by atoms with E-state index >= 15 is 4.39 Å². The van der Waals surface area contributed by atoms with Crippen LogP contribution in [0.3, 0.4) is 0 Å². The predicted octanol–water partition coefficient (Wildman–Crippen LogP) is 4.00. The van der Waals surface area contributed by atoms with Crippen LogP contribution in [0.2, 0.25) is 0 Å². The number of hydrogen-bond donors (Lipinski definition) is 0. The number of aromatic nitrogens is 4. The van der Waals surface area contributed by atoms with E-state index in [-0.39, 0.29) is 23.4 Å². The van der Waals surface area contributed by atoms with Gasteiger partial charge in [-0.05, 0) is 20.1 Å². The zero-order valence-electron chi connectivity index (χ0n) is 23.9. The Morgan fingerprint density at radius 2 is 1.91 bits per heavy atom. The molecule has 0 spiro atoms. The van der Waals surface area contributed by atoms with E-state index in [4.69, 9.17) is 9.84 Å². The summed E-state index contributed by atoms with van der Waals surface area (Å²) >= 11 is 2.40. The molecule has 2 aliphatic rings. The summed E-state index contributed by atoms with van der Waals surface area (Å²) in [6, 6.07) is 15.9. The number of allylic oxidation sites excluding steroid dienone is 1. The number of likely N-dealkylation sites (tertiary alicyclic amines) is 2. The number of nitriles is 1. The van der Waals surface area contributed by atoms with Gasteiger partial charge in [0.15, 0.2) is 0 Å². The second-order valence-electron chi connectivity index (χ2n) is 11.1. The molecule has 1 unspecified atom stereocenters. The minimum Gasteiger partial charge on any atom is -0.00162 e. The first-order chi connectivity index (χ1) is 20.9. The molecule has 218 valence electrons. The summed E-state index contributed by atoms with van der Waals surface area (Å²) in [6.07, 6.45) is 6.81. The van der Waals surface area contributed by atoms with E-state index in [9.17, 15) is 10.1 Å². The molecule has 0 saturated carbocycles. The van der Waals surface area contributed by atoms with Crippen LogP contribution < -0.4 is 9.22 Å². The first-order valence-corrected chi connectivity index (χ1v) is 15.4. The van der Waals surface area contributed by atoms with Gasteiger partial charge in [-0.1, -0.05) is 0 Å². The Morgan fingerprint density at radius 1 is 1.12 bits per heavy atom. The Bertz CT molecular complexity index is 1710. The van der Waals surface area contributed by atoms with Crippen LogP contribution in [0.15, 0.2) is 66.5 Å². The van der Waals surface area contributed by atoms with Gasteiger partial charge in [0.1, 0.15) is 0 Å². The van der Waals surface area contributed by atoms with Gasteiger partial charge in [-0.15, -0.1) is 0 Å². The van der Waals surface area contributed by atoms with E-state index < -0.39 is 5.82 Å². The van der Waals surface area contributed by atoms with Crippen molar-refractivity contribution in [2.75, 3.05) is 26.7 Å². The van der Waals surface area contributed by atoms with Gasteiger partial charge >= 0.3 is 234 Å². The molecule has 9 nitrogen and oxygen atoms in total. The third-order valence-corrected chi connectivity index (χ3v) is 8.93. The molecule has 0 bridgehead atoms. The number of carbonyl (C=O) groups is 1. The van der Waals surface area contributed by atoms with Crippen LogP contribution >= 0.6 is 0 Å². The molecule has 0 aliphatic carbocycles. The van der Waals surface area contributed by atoms with E-state index in [1.165, 1.54) is 12.4 Å². The van der Waals surface area contributed by atoms with Crippen molar-refractivity contribution in [1.29, 1.82) is 5.26 Å². The van der Waals surface area contributed by atoms with Crippen molar-refractivity contribution in [3.05, 3.63) is 72.3 Å². The van der Waals surface area contributed by atoms with Gasteiger partial charge in [0.2, 0.25) is 0 Å². The van der Waals surface area contributed by atoms with Gasteiger partial charge in [-0.25, -0.2) is 0 Å².